The number of aryl methyl sites for hydroxylation is 2. The Hall–Kier alpha value is -2.35. The van der Waals surface area contributed by atoms with Crippen molar-refractivity contribution in [2.45, 2.75) is 17.9 Å². The molecule has 0 fully saturated rings. The predicted molar refractivity (Wildman–Crippen MR) is 77.3 cm³/mol. The van der Waals surface area contributed by atoms with Crippen LogP contribution in [-0.4, -0.2) is 23.2 Å². The summed E-state index contributed by atoms with van der Waals surface area (Å²) in [6.07, 6.45) is 0. The van der Waals surface area contributed by atoms with Gasteiger partial charge in [0.25, 0.3) is 0 Å². The molecule has 0 saturated heterocycles. The molecule has 110 valence electrons. The Labute approximate surface area is 121 Å². The predicted octanol–water partition coefficient (Wildman–Crippen LogP) is 1.43. The first-order chi connectivity index (χ1) is 9.85. The summed E-state index contributed by atoms with van der Waals surface area (Å²) < 4.78 is 31.6. The van der Waals surface area contributed by atoms with Gasteiger partial charge in [0, 0.05) is 18.8 Å². The van der Waals surface area contributed by atoms with Crippen molar-refractivity contribution in [3.05, 3.63) is 35.7 Å². The molecule has 3 rings (SSSR count). The molecule has 7 nitrogen and oxygen atoms in total. The minimum atomic E-state index is -3.68. The first-order valence-corrected chi connectivity index (χ1v) is 7.89. The summed E-state index contributed by atoms with van der Waals surface area (Å²) in [5, 5.41) is 3.82. The van der Waals surface area contributed by atoms with Crippen LogP contribution in [0.5, 0.6) is 0 Å². The third kappa shape index (κ3) is 2.49. The molecule has 2 N–H and O–H groups in total. The van der Waals surface area contributed by atoms with Crippen LogP contribution in [0.2, 0.25) is 0 Å². The van der Waals surface area contributed by atoms with Crippen LogP contribution < -0.4 is 5.73 Å². The van der Waals surface area contributed by atoms with Crippen LogP contribution in [-0.2, 0) is 22.6 Å². The molecule has 2 heterocycles. The van der Waals surface area contributed by atoms with E-state index in [1.165, 1.54) is 4.68 Å². The number of sulfone groups is 1. The highest BCUT2D eigenvalue weighted by atomic mass is 32.2. The average Bonchev–Trinajstić information content (AvgIpc) is 2.93. The fourth-order valence-corrected chi connectivity index (χ4v) is 3.35. The highest BCUT2D eigenvalue weighted by Crippen LogP contribution is 2.23. The van der Waals surface area contributed by atoms with Gasteiger partial charge in [0.1, 0.15) is 11.3 Å². The number of anilines is 1. The molecular weight excluding hydrogens is 292 g/mol. The van der Waals surface area contributed by atoms with Gasteiger partial charge >= 0.3 is 5.22 Å². The summed E-state index contributed by atoms with van der Waals surface area (Å²) in [5.41, 5.74) is 8.28. The summed E-state index contributed by atoms with van der Waals surface area (Å²) in [6, 6.07) is 6.54. The number of rotatable bonds is 3. The number of hydrogen-bond acceptors (Lipinski definition) is 6. The van der Waals surface area contributed by atoms with Crippen molar-refractivity contribution < 1.29 is 12.8 Å². The topological polar surface area (TPSA) is 104 Å². The molecule has 0 amide bonds. The monoisotopic (exact) mass is 306 g/mol. The Balaban J connectivity index is 2.01. The van der Waals surface area contributed by atoms with Gasteiger partial charge in [-0.05, 0) is 25.1 Å². The van der Waals surface area contributed by atoms with Gasteiger partial charge in [-0.1, -0.05) is 0 Å². The number of benzene rings is 1. The van der Waals surface area contributed by atoms with E-state index >= 15 is 0 Å². The van der Waals surface area contributed by atoms with Gasteiger partial charge in [0.15, 0.2) is 5.58 Å². The van der Waals surface area contributed by atoms with E-state index in [9.17, 15) is 8.42 Å². The van der Waals surface area contributed by atoms with Crippen LogP contribution in [0.15, 0.2) is 33.9 Å². The van der Waals surface area contributed by atoms with Crippen molar-refractivity contribution in [1.82, 2.24) is 14.8 Å². The fraction of sp³-hybridized carbons (Fsp3) is 0.231. The zero-order chi connectivity index (χ0) is 15.2. The number of nitrogen functional groups attached to an aromatic ring is 1. The van der Waals surface area contributed by atoms with E-state index < -0.39 is 9.84 Å². The fourth-order valence-electron chi connectivity index (χ4n) is 2.11. The van der Waals surface area contributed by atoms with Gasteiger partial charge in [-0.25, -0.2) is 8.42 Å². The van der Waals surface area contributed by atoms with Crippen molar-refractivity contribution in [1.29, 1.82) is 0 Å². The van der Waals surface area contributed by atoms with Crippen LogP contribution in [0.4, 0.5) is 5.69 Å². The number of oxazole rings is 1. The third-order valence-electron chi connectivity index (χ3n) is 3.10. The van der Waals surface area contributed by atoms with Crippen molar-refractivity contribution >= 4 is 26.6 Å². The Kier molecular flexibility index (Phi) is 2.98. The van der Waals surface area contributed by atoms with Gasteiger partial charge in [-0.3, -0.25) is 4.68 Å². The standard InChI is InChI=1S/C13H14N4O3S/c1-8-5-10(17(2)16-8)7-21(18,19)13-15-11-4-3-9(14)6-12(11)20-13/h3-6H,7,14H2,1-2H3. The van der Waals surface area contributed by atoms with Gasteiger partial charge in [0.2, 0.25) is 9.84 Å². The Morgan fingerprint density at radius 2 is 2.10 bits per heavy atom. The Bertz CT molecular complexity index is 924. The van der Waals surface area contributed by atoms with Crippen LogP contribution in [0.1, 0.15) is 11.4 Å². The van der Waals surface area contributed by atoms with Crippen LogP contribution in [0, 0.1) is 6.92 Å². The number of hydrogen-bond donors (Lipinski definition) is 1. The lowest BCUT2D eigenvalue weighted by atomic mass is 10.3. The lowest BCUT2D eigenvalue weighted by Crippen LogP contribution is -2.09. The molecule has 0 aliphatic heterocycles. The number of nitrogens with two attached hydrogens (primary N) is 1. The summed E-state index contributed by atoms with van der Waals surface area (Å²) in [7, 11) is -1.98. The summed E-state index contributed by atoms with van der Waals surface area (Å²) in [6.45, 7) is 1.80. The normalized spacial score (nSPS) is 12.1. The van der Waals surface area contributed by atoms with E-state index in [0.717, 1.165) is 5.69 Å². The second-order valence-electron chi connectivity index (χ2n) is 4.87. The van der Waals surface area contributed by atoms with Gasteiger partial charge in [-0.2, -0.15) is 10.1 Å². The molecule has 0 aliphatic rings. The zero-order valence-electron chi connectivity index (χ0n) is 11.6. The first-order valence-electron chi connectivity index (χ1n) is 6.23. The maximum Gasteiger partial charge on any atom is 0.316 e. The molecule has 21 heavy (non-hydrogen) atoms. The molecule has 0 spiro atoms. The lowest BCUT2D eigenvalue weighted by Gasteiger charge is -2.00. The van der Waals surface area contributed by atoms with Crippen molar-refractivity contribution in [3.8, 4) is 0 Å². The van der Waals surface area contributed by atoms with Gasteiger partial charge in [-0.15, -0.1) is 0 Å². The number of nitrogens with zero attached hydrogens (tertiary/aromatic N) is 3. The molecule has 1 aromatic carbocycles. The van der Waals surface area contributed by atoms with Crippen molar-refractivity contribution in [2.75, 3.05) is 5.73 Å². The molecule has 3 aromatic rings. The molecule has 2 aromatic heterocycles. The molecular formula is C13H14N4O3S. The van der Waals surface area contributed by atoms with Crippen LogP contribution in [0.25, 0.3) is 11.1 Å². The van der Waals surface area contributed by atoms with Crippen molar-refractivity contribution in [3.63, 3.8) is 0 Å². The third-order valence-corrected chi connectivity index (χ3v) is 4.48. The van der Waals surface area contributed by atoms with E-state index in [0.29, 0.717) is 22.5 Å². The SMILES string of the molecule is Cc1cc(CS(=O)(=O)c2nc3ccc(N)cc3o2)n(C)n1. The van der Waals surface area contributed by atoms with E-state index in [2.05, 4.69) is 10.1 Å². The summed E-state index contributed by atoms with van der Waals surface area (Å²) in [4.78, 5) is 4.02. The quantitative estimate of drug-likeness (QED) is 0.734. The molecule has 0 aliphatic carbocycles. The lowest BCUT2D eigenvalue weighted by molar-refractivity contribution is 0.457. The Morgan fingerprint density at radius 3 is 2.76 bits per heavy atom. The second kappa shape index (κ2) is 4.59. The summed E-state index contributed by atoms with van der Waals surface area (Å²) in [5.74, 6) is -0.216. The highest BCUT2D eigenvalue weighted by Gasteiger charge is 2.24. The molecule has 0 radical (unpaired) electrons. The second-order valence-corrected chi connectivity index (χ2v) is 6.73. The minimum Gasteiger partial charge on any atom is -0.428 e. The van der Waals surface area contributed by atoms with Crippen LogP contribution >= 0.6 is 0 Å². The minimum absolute atomic E-state index is 0.216. The van der Waals surface area contributed by atoms with Crippen molar-refractivity contribution in [2.24, 2.45) is 7.05 Å². The van der Waals surface area contributed by atoms with E-state index in [1.54, 1.807) is 38.2 Å². The highest BCUT2D eigenvalue weighted by molar-refractivity contribution is 7.90. The van der Waals surface area contributed by atoms with E-state index in [-0.39, 0.29) is 11.0 Å². The van der Waals surface area contributed by atoms with E-state index in [4.69, 9.17) is 10.2 Å². The Morgan fingerprint density at radius 1 is 1.33 bits per heavy atom. The van der Waals surface area contributed by atoms with E-state index in [1.807, 2.05) is 0 Å². The molecule has 0 saturated carbocycles. The smallest absolute Gasteiger partial charge is 0.316 e. The zero-order valence-corrected chi connectivity index (χ0v) is 12.4. The van der Waals surface area contributed by atoms with Gasteiger partial charge in [0.05, 0.1) is 11.4 Å². The van der Waals surface area contributed by atoms with Gasteiger partial charge < -0.3 is 10.2 Å². The number of aromatic nitrogens is 3. The largest absolute Gasteiger partial charge is 0.428 e. The average molecular weight is 306 g/mol. The first kappa shape index (κ1) is 13.6. The molecule has 0 unspecified atom stereocenters. The maximum atomic E-state index is 12.4. The summed E-state index contributed by atoms with van der Waals surface area (Å²) >= 11 is 0. The number of fused-ring (bicyclic) bond motifs is 1. The maximum absolute atomic E-state index is 12.4. The molecule has 0 atom stereocenters. The molecule has 8 heteroatoms. The molecule has 0 bridgehead atoms. The van der Waals surface area contributed by atoms with Crippen LogP contribution in [0.3, 0.4) is 0 Å².